The lowest BCUT2D eigenvalue weighted by Crippen LogP contribution is -2.47. The molecule has 22 heavy (non-hydrogen) atoms. The van der Waals surface area contributed by atoms with Crippen molar-refractivity contribution >= 4 is 11.9 Å². The third kappa shape index (κ3) is 3.80. The fourth-order valence-corrected chi connectivity index (χ4v) is 3.69. The molecule has 2 N–H and O–H groups in total. The van der Waals surface area contributed by atoms with E-state index in [4.69, 9.17) is 4.74 Å². The smallest absolute Gasteiger partial charge is 0.310 e. The van der Waals surface area contributed by atoms with Crippen LogP contribution in [0.4, 0.5) is 0 Å². The maximum atomic E-state index is 12.1. The molecular weight excluding hydrogens is 282 g/mol. The fraction of sp³-hybridized carbons (Fsp3) is 0.882. The molecule has 0 aromatic rings. The Balaban J connectivity index is 1.86. The van der Waals surface area contributed by atoms with Crippen LogP contribution in [0.15, 0.2) is 0 Å². The average molecular weight is 311 g/mol. The molecule has 126 valence electrons. The lowest BCUT2D eigenvalue weighted by molar-refractivity contribution is -0.157. The van der Waals surface area contributed by atoms with Crippen molar-refractivity contribution in [1.29, 1.82) is 0 Å². The Kier molecular flexibility index (Phi) is 5.15. The van der Waals surface area contributed by atoms with E-state index in [1.54, 1.807) is 0 Å². The Hall–Kier alpha value is -1.10. The minimum Gasteiger partial charge on any atom is -0.481 e. The second-order valence-corrected chi connectivity index (χ2v) is 7.98. The van der Waals surface area contributed by atoms with Crippen LogP contribution in [0.5, 0.6) is 0 Å². The third-order valence-electron chi connectivity index (χ3n) is 5.12. The Morgan fingerprint density at radius 1 is 1.27 bits per heavy atom. The van der Waals surface area contributed by atoms with Crippen LogP contribution in [0.1, 0.15) is 59.3 Å². The van der Waals surface area contributed by atoms with Crippen molar-refractivity contribution in [3.63, 3.8) is 0 Å². The standard InChI is InChI=1S/C17H29NO4/c1-16(2,3)14-12(6-4-9-22-14)11-18-13(19)10-17(15(20)21)7-5-8-17/h12,14H,4-11H2,1-3H3,(H,18,19)(H,20,21). The summed E-state index contributed by atoms with van der Waals surface area (Å²) in [5.74, 6) is -0.664. The quantitative estimate of drug-likeness (QED) is 0.818. The predicted octanol–water partition coefficient (Wildman–Crippen LogP) is 2.59. The van der Waals surface area contributed by atoms with Crippen LogP contribution in [-0.4, -0.2) is 36.2 Å². The molecule has 0 radical (unpaired) electrons. The van der Waals surface area contributed by atoms with Crippen molar-refractivity contribution in [2.75, 3.05) is 13.2 Å². The monoisotopic (exact) mass is 311 g/mol. The molecule has 2 unspecified atom stereocenters. The van der Waals surface area contributed by atoms with Gasteiger partial charge in [0.15, 0.2) is 0 Å². The zero-order valence-corrected chi connectivity index (χ0v) is 14.0. The first-order chi connectivity index (χ1) is 10.2. The Morgan fingerprint density at radius 3 is 2.45 bits per heavy atom. The fourth-order valence-electron chi connectivity index (χ4n) is 3.69. The van der Waals surface area contributed by atoms with Gasteiger partial charge in [0.05, 0.1) is 11.5 Å². The summed E-state index contributed by atoms with van der Waals surface area (Å²) in [5, 5.41) is 12.2. The number of rotatable bonds is 5. The van der Waals surface area contributed by atoms with Crippen molar-refractivity contribution in [1.82, 2.24) is 5.32 Å². The van der Waals surface area contributed by atoms with Gasteiger partial charge in [0, 0.05) is 25.5 Å². The lowest BCUT2D eigenvalue weighted by Gasteiger charge is -2.40. The van der Waals surface area contributed by atoms with Gasteiger partial charge in [0.25, 0.3) is 0 Å². The first kappa shape index (κ1) is 17.3. The molecule has 2 aliphatic rings. The molecule has 5 nitrogen and oxygen atoms in total. The maximum absolute atomic E-state index is 12.1. The number of carbonyl (C=O) groups is 2. The molecule has 0 aromatic heterocycles. The minimum atomic E-state index is -0.831. The van der Waals surface area contributed by atoms with Crippen molar-refractivity contribution in [2.24, 2.45) is 16.7 Å². The van der Waals surface area contributed by atoms with Crippen molar-refractivity contribution in [3.05, 3.63) is 0 Å². The largest absolute Gasteiger partial charge is 0.481 e. The lowest BCUT2D eigenvalue weighted by atomic mass is 9.66. The molecule has 1 saturated carbocycles. The zero-order valence-electron chi connectivity index (χ0n) is 14.0. The van der Waals surface area contributed by atoms with Crippen molar-refractivity contribution in [3.8, 4) is 0 Å². The van der Waals surface area contributed by atoms with Crippen molar-refractivity contribution in [2.45, 2.75) is 65.4 Å². The second-order valence-electron chi connectivity index (χ2n) is 7.98. The number of aliphatic carboxylic acids is 1. The summed E-state index contributed by atoms with van der Waals surface area (Å²) in [7, 11) is 0. The molecule has 1 saturated heterocycles. The topological polar surface area (TPSA) is 75.6 Å². The molecule has 0 bridgehead atoms. The Bertz CT molecular complexity index is 423. The molecule has 2 atom stereocenters. The summed E-state index contributed by atoms with van der Waals surface area (Å²) in [5.41, 5.74) is -0.761. The van der Waals surface area contributed by atoms with Gasteiger partial charge in [-0.05, 0) is 31.1 Å². The van der Waals surface area contributed by atoms with E-state index in [9.17, 15) is 14.7 Å². The normalized spacial score (nSPS) is 27.8. The average Bonchev–Trinajstić information content (AvgIpc) is 2.39. The number of amides is 1. The SMILES string of the molecule is CC(C)(C)C1OCCCC1CNC(=O)CC1(C(=O)O)CCC1. The van der Waals surface area contributed by atoms with Gasteiger partial charge < -0.3 is 15.2 Å². The summed E-state index contributed by atoms with van der Waals surface area (Å²) in [6.07, 6.45) is 4.45. The van der Waals surface area contributed by atoms with Gasteiger partial charge in [-0.3, -0.25) is 9.59 Å². The summed E-state index contributed by atoms with van der Waals surface area (Å²) >= 11 is 0. The molecule has 1 aliphatic carbocycles. The summed E-state index contributed by atoms with van der Waals surface area (Å²) in [4.78, 5) is 23.5. The van der Waals surface area contributed by atoms with E-state index >= 15 is 0 Å². The third-order valence-corrected chi connectivity index (χ3v) is 5.12. The van der Waals surface area contributed by atoms with Crippen LogP contribution in [0.2, 0.25) is 0 Å². The highest BCUT2D eigenvalue weighted by molar-refractivity contribution is 5.85. The van der Waals surface area contributed by atoms with E-state index in [1.807, 2.05) is 0 Å². The summed E-state index contributed by atoms with van der Waals surface area (Å²) in [6, 6.07) is 0. The van der Waals surface area contributed by atoms with Gasteiger partial charge in [0.1, 0.15) is 0 Å². The first-order valence-electron chi connectivity index (χ1n) is 8.36. The van der Waals surface area contributed by atoms with Crippen LogP contribution >= 0.6 is 0 Å². The van der Waals surface area contributed by atoms with Gasteiger partial charge in [0.2, 0.25) is 5.91 Å². The number of carboxylic acids is 1. The van der Waals surface area contributed by atoms with Gasteiger partial charge in [-0.2, -0.15) is 0 Å². The molecule has 2 fully saturated rings. The molecular formula is C17H29NO4. The van der Waals surface area contributed by atoms with Crippen LogP contribution in [0.3, 0.4) is 0 Å². The molecule has 0 aromatic carbocycles. The molecule has 1 amide bonds. The van der Waals surface area contributed by atoms with Gasteiger partial charge in [-0.15, -0.1) is 0 Å². The first-order valence-corrected chi connectivity index (χ1v) is 8.36. The highest BCUT2D eigenvalue weighted by atomic mass is 16.5. The Morgan fingerprint density at radius 2 is 1.95 bits per heavy atom. The van der Waals surface area contributed by atoms with Crippen LogP contribution in [-0.2, 0) is 14.3 Å². The second kappa shape index (κ2) is 6.57. The number of ether oxygens (including phenoxy) is 1. The van der Waals surface area contributed by atoms with E-state index in [2.05, 4.69) is 26.1 Å². The maximum Gasteiger partial charge on any atom is 0.310 e. The van der Waals surface area contributed by atoms with Gasteiger partial charge >= 0.3 is 5.97 Å². The van der Waals surface area contributed by atoms with Crippen LogP contribution in [0.25, 0.3) is 0 Å². The van der Waals surface area contributed by atoms with E-state index < -0.39 is 11.4 Å². The number of hydrogen-bond acceptors (Lipinski definition) is 3. The van der Waals surface area contributed by atoms with E-state index in [-0.39, 0.29) is 23.8 Å². The molecule has 0 spiro atoms. The van der Waals surface area contributed by atoms with E-state index in [0.29, 0.717) is 25.3 Å². The summed E-state index contributed by atoms with van der Waals surface area (Å²) < 4.78 is 5.91. The zero-order chi connectivity index (χ0) is 16.4. The predicted molar refractivity (Wildman–Crippen MR) is 83.5 cm³/mol. The van der Waals surface area contributed by atoms with Crippen LogP contribution < -0.4 is 5.32 Å². The van der Waals surface area contributed by atoms with E-state index in [0.717, 1.165) is 25.9 Å². The summed E-state index contributed by atoms with van der Waals surface area (Å²) in [6.45, 7) is 7.84. The minimum absolute atomic E-state index is 0.0477. The molecule has 1 aliphatic heterocycles. The highest BCUT2D eigenvalue weighted by Gasteiger charge is 2.46. The molecule has 2 rings (SSSR count). The number of carboxylic acid groups (broad SMARTS) is 1. The highest BCUT2D eigenvalue weighted by Crippen LogP contribution is 2.44. The van der Waals surface area contributed by atoms with Crippen molar-refractivity contribution < 1.29 is 19.4 Å². The molecule has 1 heterocycles. The number of carbonyl (C=O) groups excluding carboxylic acids is 1. The Labute approximate surface area is 132 Å². The van der Waals surface area contributed by atoms with Gasteiger partial charge in [-0.1, -0.05) is 27.2 Å². The number of hydrogen-bond donors (Lipinski definition) is 2. The van der Waals surface area contributed by atoms with E-state index in [1.165, 1.54) is 0 Å². The van der Waals surface area contributed by atoms with Gasteiger partial charge in [-0.25, -0.2) is 0 Å². The number of nitrogens with one attached hydrogen (secondary N) is 1. The van der Waals surface area contributed by atoms with Crippen LogP contribution in [0, 0.1) is 16.7 Å². The molecule has 5 heteroatoms.